The molecule has 9 heteroatoms. The third-order valence-electron chi connectivity index (χ3n) is 5.62. The molecule has 1 saturated heterocycles. The molecule has 4 rings (SSSR count). The Balaban J connectivity index is 1.31. The summed E-state index contributed by atoms with van der Waals surface area (Å²) < 4.78 is 19.1. The monoisotopic (exact) mass is 451 g/mol. The van der Waals surface area contributed by atoms with Crippen LogP contribution in [0.1, 0.15) is 35.4 Å². The molecule has 0 radical (unpaired) electrons. The number of nitrogens with zero attached hydrogens (tertiary/aromatic N) is 4. The topological polar surface area (TPSA) is 91.6 Å². The van der Waals surface area contributed by atoms with Gasteiger partial charge in [0.25, 0.3) is 11.8 Å². The molecule has 1 aliphatic rings. The first-order chi connectivity index (χ1) is 16.0. The maximum absolute atomic E-state index is 13.7. The quantitative estimate of drug-likeness (QED) is 0.606. The van der Waals surface area contributed by atoms with Crippen molar-refractivity contribution in [3.05, 3.63) is 65.7 Å². The molecule has 1 N–H and O–H groups in total. The van der Waals surface area contributed by atoms with Crippen molar-refractivity contribution in [2.45, 2.75) is 25.7 Å². The highest BCUT2D eigenvalue weighted by atomic mass is 19.1. The van der Waals surface area contributed by atoms with Crippen molar-refractivity contribution in [3.8, 4) is 11.5 Å². The maximum Gasteiger partial charge on any atom is 0.321 e. The number of hydrogen-bond acceptors (Lipinski definition) is 5. The van der Waals surface area contributed by atoms with E-state index in [1.807, 2.05) is 4.90 Å². The summed E-state index contributed by atoms with van der Waals surface area (Å²) in [6.07, 6.45) is 3.65. The van der Waals surface area contributed by atoms with Gasteiger partial charge in [0, 0.05) is 44.2 Å². The zero-order chi connectivity index (χ0) is 23.2. The van der Waals surface area contributed by atoms with E-state index in [9.17, 15) is 14.0 Å². The first-order valence-corrected chi connectivity index (χ1v) is 11.0. The van der Waals surface area contributed by atoms with Crippen LogP contribution in [-0.4, -0.2) is 58.6 Å². The summed E-state index contributed by atoms with van der Waals surface area (Å²) in [5, 5.41) is 6.51. The van der Waals surface area contributed by atoms with Crippen LogP contribution in [0, 0.1) is 5.82 Å². The van der Waals surface area contributed by atoms with Crippen molar-refractivity contribution in [1.29, 1.82) is 0 Å². The molecule has 1 aliphatic heterocycles. The maximum atomic E-state index is 13.7. The lowest BCUT2D eigenvalue weighted by molar-refractivity contribution is 0.0724. The zero-order valence-electron chi connectivity index (χ0n) is 18.5. The van der Waals surface area contributed by atoms with E-state index in [4.69, 9.17) is 4.52 Å². The molecule has 2 heterocycles. The Morgan fingerprint density at radius 2 is 1.82 bits per heavy atom. The van der Waals surface area contributed by atoms with Crippen LogP contribution in [0.25, 0.3) is 11.5 Å². The molecular formula is C24H26FN5O3. The minimum atomic E-state index is -0.495. The van der Waals surface area contributed by atoms with Gasteiger partial charge in [-0.1, -0.05) is 17.3 Å². The fourth-order valence-corrected chi connectivity index (χ4v) is 3.65. The highest BCUT2D eigenvalue weighted by Crippen LogP contribution is 2.20. The number of nitrogens with one attached hydrogen (secondary N) is 1. The molecule has 0 spiro atoms. The van der Waals surface area contributed by atoms with Gasteiger partial charge in [0.15, 0.2) is 5.82 Å². The van der Waals surface area contributed by atoms with E-state index in [0.717, 1.165) is 31.5 Å². The van der Waals surface area contributed by atoms with Gasteiger partial charge in [0.05, 0.1) is 5.69 Å². The number of para-hydroxylation sites is 1. The van der Waals surface area contributed by atoms with Gasteiger partial charge in [-0.2, -0.15) is 4.98 Å². The number of carbonyl (C=O) groups excluding carboxylic acids is 2. The van der Waals surface area contributed by atoms with E-state index in [2.05, 4.69) is 15.5 Å². The summed E-state index contributed by atoms with van der Waals surface area (Å²) in [5.74, 6) is 0.347. The first kappa shape index (κ1) is 22.4. The van der Waals surface area contributed by atoms with Crippen LogP contribution in [0.2, 0.25) is 0 Å². The summed E-state index contributed by atoms with van der Waals surface area (Å²) in [4.78, 5) is 32.6. The van der Waals surface area contributed by atoms with E-state index >= 15 is 0 Å². The molecule has 3 aromatic rings. The number of likely N-dealkylation sites (tertiary alicyclic amines) is 1. The normalized spacial score (nSPS) is 13.6. The van der Waals surface area contributed by atoms with Crippen molar-refractivity contribution in [2.24, 2.45) is 0 Å². The molecular weight excluding hydrogens is 425 g/mol. The van der Waals surface area contributed by atoms with E-state index in [-0.39, 0.29) is 11.6 Å². The lowest BCUT2D eigenvalue weighted by Crippen LogP contribution is -2.35. The highest BCUT2D eigenvalue weighted by molar-refractivity contribution is 5.94. The zero-order valence-corrected chi connectivity index (χ0v) is 18.5. The van der Waals surface area contributed by atoms with Crippen LogP contribution >= 0.6 is 0 Å². The van der Waals surface area contributed by atoms with Crippen LogP contribution in [0.3, 0.4) is 0 Å². The van der Waals surface area contributed by atoms with Gasteiger partial charge in [-0.15, -0.1) is 0 Å². The van der Waals surface area contributed by atoms with E-state index in [1.165, 1.54) is 23.5 Å². The number of anilines is 1. The summed E-state index contributed by atoms with van der Waals surface area (Å²) in [6, 6.07) is 12.7. The average molecular weight is 452 g/mol. The molecule has 172 valence electrons. The van der Waals surface area contributed by atoms with E-state index < -0.39 is 11.8 Å². The number of rotatable bonds is 6. The predicted octanol–water partition coefficient (Wildman–Crippen LogP) is 4.21. The Labute approximate surface area is 191 Å². The average Bonchev–Trinajstić information content (AvgIpc) is 3.33. The molecule has 8 nitrogen and oxygen atoms in total. The Bertz CT molecular complexity index is 1110. The molecule has 1 fully saturated rings. The van der Waals surface area contributed by atoms with Gasteiger partial charge < -0.3 is 19.6 Å². The van der Waals surface area contributed by atoms with Crippen LogP contribution in [-0.2, 0) is 6.42 Å². The number of piperidine rings is 1. The summed E-state index contributed by atoms with van der Waals surface area (Å²) in [5.41, 5.74) is 1.48. The lowest BCUT2D eigenvalue weighted by atomic mass is 10.1. The van der Waals surface area contributed by atoms with Gasteiger partial charge in [0.1, 0.15) is 5.82 Å². The molecule has 1 aromatic heterocycles. The van der Waals surface area contributed by atoms with Crippen molar-refractivity contribution in [1.82, 2.24) is 19.9 Å². The third-order valence-corrected chi connectivity index (χ3v) is 5.62. The Kier molecular flexibility index (Phi) is 6.97. The summed E-state index contributed by atoms with van der Waals surface area (Å²) in [6.45, 7) is 1.93. The second-order valence-corrected chi connectivity index (χ2v) is 8.03. The molecule has 0 aliphatic carbocycles. The van der Waals surface area contributed by atoms with Gasteiger partial charge in [-0.3, -0.25) is 4.79 Å². The molecule has 0 atom stereocenters. The highest BCUT2D eigenvalue weighted by Gasteiger charge is 2.19. The fourth-order valence-electron chi connectivity index (χ4n) is 3.65. The molecule has 33 heavy (non-hydrogen) atoms. The smallest absolute Gasteiger partial charge is 0.321 e. The first-order valence-electron chi connectivity index (χ1n) is 11.0. The van der Waals surface area contributed by atoms with Crippen LogP contribution in [0.15, 0.2) is 53.1 Å². The lowest BCUT2D eigenvalue weighted by Gasteiger charge is -2.26. The van der Waals surface area contributed by atoms with E-state index in [0.29, 0.717) is 30.2 Å². The number of benzene rings is 2. The third kappa shape index (κ3) is 5.54. The van der Waals surface area contributed by atoms with Gasteiger partial charge in [-0.05, 0) is 55.7 Å². The minimum absolute atomic E-state index is 0.0455. The molecule has 3 amide bonds. The summed E-state index contributed by atoms with van der Waals surface area (Å²) >= 11 is 0. The van der Waals surface area contributed by atoms with Crippen LogP contribution < -0.4 is 5.32 Å². The number of aromatic nitrogens is 2. The predicted molar refractivity (Wildman–Crippen MR) is 121 cm³/mol. The standard InChI is InChI=1S/C24H26FN5O3/c1-29(24(32)26-20-8-4-3-7-19(20)25)16-13-21-27-22(33-28-21)17-9-11-18(12-10-17)23(31)30-14-5-2-6-15-30/h3-4,7-12H,2,5-6,13-16H2,1H3,(H,26,32). The minimum Gasteiger partial charge on any atom is -0.339 e. The Hall–Kier alpha value is -3.75. The molecule has 2 aromatic carbocycles. The van der Waals surface area contributed by atoms with Crippen molar-refractivity contribution in [3.63, 3.8) is 0 Å². The number of urea groups is 1. The number of carbonyl (C=O) groups is 2. The van der Waals surface area contributed by atoms with Crippen LogP contribution in [0.4, 0.5) is 14.9 Å². The van der Waals surface area contributed by atoms with E-state index in [1.54, 1.807) is 43.4 Å². The molecule has 0 saturated carbocycles. The van der Waals surface area contributed by atoms with Crippen molar-refractivity contribution in [2.75, 3.05) is 32.0 Å². The van der Waals surface area contributed by atoms with Gasteiger partial charge >= 0.3 is 6.03 Å². The number of hydrogen-bond donors (Lipinski definition) is 1. The second kappa shape index (κ2) is 10.2. The fraction of sp³-hybridized carbons (Fsp3) is 0.333. The number of amides is 3. The Morgan fingerprint density at radius 3 is 2.55 bits per heavy atom. The largest absolute Gasteiger partial charge is 0.339 e. The second-order valence-electron chi connectivity index (χ2n) is 8.03. The van der Waals surface area contributed by atoms with Crippen molar-refractivity contribution >= 4 is 17.6 Å². The summed E-state index contributed by atoms with van der Waals surface area (Å²) in [7, 11) is 1.61. The SMILES string of the molecule is CN(CCc1noc(-c2ccc(C(=O)N3CCCCC3)cc2)n1)C(=O)Nc1ccccc1F. The van der Waals surface area contributed by atoms with Gasteiger partial charge in [-0.25, -0.2) is 9.18 Å². The van der Waals surface area contributed by atoms with Gasteiger partial charge in [0.2, 0.25) is 0 Å². The van der Waals surface area contributed by atoms with Crippen LogP contribution in [0.5, 0.6) is 0 Å². The molecule has 0 bridgehead atoms. The Morgan fingerprint density at radius 1 is 1.09 bits per heavy atom. The number of likely N-dealkylation sites (N-methyl/N-ethyl adjacent to an activating group) is 1. The number of halogens is 1. The molecule has 0 unspecified atom stereocenters. The van der Waals surface area contributed by atoms with Crippen molar-refractivity contribution < 1.29 is 18.5 Å².